The van der Waals surface area contributed by atoms with E-state index in [0.29, 0.717) is 0 Å². The van der Waals surface area contributed by atoms with Crippen molar-refractivity contribution in [1.82, 2.24) is 14.9 Å². The van der Waals surface area contributed by atoms with Crippen LogP contribution in [0.4, 0.5) is 0 Å². The topological polar surface area (TPSA) is 29.9 Å². The number of rotatable bonds is 3. The number of hydrogen-bond donors (Lipinski definition) is 1. The molecule has 0 aromatic carbocycles. The average molecular weight is 259 g/mol. The molecule has 0 spiro atoms. The van der Waals surface area contributed by atoms with Gasteiger partial charge in [-0.05, 0) is 31.6 Å². The van der Waals surface area contributed by atoms with Crippen LogP contribution in [0.2, 0.25) is 0 Å². The fraction of sp³-hybridized carbons (Fsp3) is 0.812. The van der Waals surface area contributed by atoms with E-state index in [1.54, 1.807) is 5.69 Å². The van der Waals surface area contributed by atoms with E-state index in [2.05, 4.69) is 9.88 Å². The van der Waals surface area contributed by atoms with Crippen molar-refractivity contribution in [3.63, 3.8) is 0 Å². The van der Waals surface area contributed by atoms with E-state index in [0.717, 1.165) is 24.9 Å². The second kappa shape index (κ2) is 4.93. The first-order valence-corrected chi connectivity index (χ1v) is 8.20. The van der Waals surface area contributed by atoms with Crippen LogP contribution in [0.1, 0.15) is 68.1 Å². The number of hydrogen-bond acceptors (Lipinski definition) is 2. The number of nitrogens with zero attached hydrogens (tertiary/aromatic N) is 2. The number of aromatic nitrogens is 2. The Morgan fingerprint density at radius 3 is 2.74 bits per heavy atom. The van der Waals surface area contributed by atoms with E-state index >= 15 is 0 Å². The zero-order valence-corrected chi connectivity index (χ0v) is 11.8. The van der Waals surface area contributed by atoms with Crippen molar-refractivity contribution in [2.24, 2.45) is 5.92 Å². The van der Waals surface area contributed by atoms with E-state index in [9.17, 15) is 0 Å². The van der Waals surface area contributed by atoms with Gasteiger partial charge >= 0.3 is 0 Å². The van der Waals surface area contributed by atoms with Crippen molar-refractivity contribution in [3.05, 3.63) is 17.2 Å². The van der Waals surface area contributed by atoms with Crippen molar-refractivity contribution in [3.8, 4) is 0 Å². The standard InChI is InChI=1S/C16H25N3/c1-2-4-13(5-3-1)16-18-14-10-17-9-8-15(14)19(16)11-12-6-7-12/h12-13,17H,1-11H2. The van der Waals surface area contributed by atoms with Gasteiger partial charge in [-0.2, -0.15) is 0 Å². The molecule has 1 aromatic heterocycles. The molecule has 0 amide bonds. The third-order valence-electron chi connectivity index (χ3n) is 5.12. The smallest absolute Gasteiger partial charge is 0.112 e. The summed E-state index contributed by atoms with van der Waals surface area (Å²) >= 11 is 0. The monoisotopic (exact) mass is 259 g/mol. The van der Waals surface area contributed by atoms with Gasteiger partial charge in [0.2, 0.25) is 0 Å². The van der Waals surface area contributed by atoms with Crippen molar-refractivity contribution >= 4 is 0 Å². The van der Waals surface area contributed by atoms with Crippen LogP contribution in [0, 0.1) is 5.92 Å². The molecule has 0 bridgehead atoms. The lowest BCUT2D eigenvalue weighted by molar-refractivity contribution is 0.409. The van der Waals surface area contributed by atoms with Gasteiger partial charge in [0.25, 0.3) is 0 Å². The molecule has 2 saturated carbocycles. The van der Waals surface area contributed by atoms with Gasteiger partial charge in [0.05, 0.1) is 5.69 Å². The third-order valence-corrected chi connectivity index (χ3v) is 5.12. The molecule has 4 rings (SSSR count). The lowest BCUT2D eigenvalue weighted by Gasteiger charge is -2.23. The quantitative estimate of drug-likeness (QED) is 0.904. The molecule has 1 N–H and O–H groups in total. The minimum atomic E-state index is 0.748. The van der Waals surface area contributed by atoms with E-state index in [-0.39, 0.29) is 0 Å². The van der Waals surface area contributed by atoms with Crippen LogP contribution in [-0.2, 0) is 19.5 Å². The Morgan fingerprint density at radius 1 is 1.11 bits per heavy atom. The molecule has 2 aliphatic carbocycles. The van der Waals surface area contributed by atoms with Crippen molar-refractivity contribution < 1.29 is 0 Å². The highest BCUT2D eigenvalue weighted by molar-refractivity contribution is 5.22. The van der Waals surface area contributed by atoms with Gasteiger partial charge in [-0.25, -0.2) is 4.98 Å². The normalized spacial score (nSPS) is 24.4. The number of nitrogens with one attached hydrogen (secondary N) is 1. The highest BCUT2D eigenvalue weighted by Crippen LogP contribution is 2.37. The molecule has 1 aliphatic heterocycles. The highest BCUT2D eigenvalue weighted by atomic mass is 15.1. The fourth-order valence-electron chi connectivity index (χ4n) is 3.83. The van der Waals surface area contributed by atoms with Gasteiger partial charge in [0.1, 0.15) is 5.82 Å². The Kier molecular flexibility index (Phi) is 3.10. The van der Waals surface area contributed by atoms with E-state index in [1.807, 2.05) is 0 Å². The molecule has 104 valence electrons. The summed E-state index contributed by atoms with van der Waals surface area (Å²) in [6, 6.07) is 0. The third kappa shape index (κ3) is 2.33. The maximum absolute atomic E-state index is 5.06. The molecule has 0 saturated heterocycles. The maximum atomic E-state index is 5.06. The molecule has 3 aliphatic rings. The highest BCUT2D eigenvalue weighted by Gasteiger charge is 2.30. The van der Waals surface area contributed by atoms with Gasteiger partial charge in [-0.15, -0.1) is 0 Å². The molecule has 2 heterocycles. The van der Waals surface area contributed by atoms with Crippen LogP contribution in [0.15, 0.2) is 0 Å². The van der Waals surface area contributed by atoms with Crippen LogP contribution in [0.25, 0.3) is 0 Å². The molecule has 3 nitrogen and oxygen atoms in total. The molecular formula is C16H25N3. The Bertz CT molecular complexity index is 453. The lowest BCUT2D eigenvalue weighted by atomic mass is 9.88. The summed E-state index contributed by atoms with van der Waals surface area (Å²) in [4.78, 5) is 5.06. The number of imidazole rings is 1. The molecule has 3 heteroatoms. The zero-order chi connectivity index (χ0) is 12.7. The summed E-state index contributed by atoms with van der Waals surface area (Å²) in [6.45, 7) is 3.38. The van der Waals surface area contributed by atoms with Crippen molar-refractivity contribution in [1.29, 1.82) is 0 Å². The predicted octanol–water partition coefficient (Wildman–Crippen LogP) is 2.99. The summed E-state index contributed by atoms with van der Waals surface area (Å²) in [5, 5.41) is 3.48. The summed E-state index contributed by atoms with van der Waals surface area (Å²) < 4.78 is 2.64. The summed E-state index contributed by atoms with van der Waals surface area (Å²) in [7, 11) is 0. The number of fused-ring (bicyclic) bond motifs is 1. The SMILES string of the molecule is C1CCC(c2nc3c(n2CC2CC2)CCNC3)CC1. The molecule has 19 heavy (non-hydrogen) atoms. The first kappa shape index (κ1) is 12.0. The largest absolute Gasteiger partial charge is 0.331 e. The summed E-state index contributed by atoms with van der Waals surface area (Å²) in [6.07, 6.45) is 11.0. The van der Waals surface area contributed by atoms with Gasteiger partial charge < -0.3 is 9.88 Å². The van der Waals surface area contributed by atoms with Crippen LogP contribution in [-0.4, -0.2) is 16.1 Å². The Morgan fingerprint density at radius 2 is 1.95 bits per heavy atom. The van der Waals surface area contributed by atoms with Crippen LogP contribution >= 0.6 is 0 Å². The summed E-state index contributed by atoms with van der Waals surface area (Å²) in [5.74, 6) is 3.15. The molecular weight excluding hydrogens is 234 g/mol. The van der Waals surface area contributed by atoms with Gasteiger partial charge in [-0.1, -0.05) is 19.3 Å². The Labute approximate surface area is 115 Å². The second-order valence-electron chi connectivity index (χ2n) is 6.68. The minimum absolute atomic E-state index is 0.748. The van der Waals surface area contributed by atoms with Crippen molar-refractivity contribution in [2.45, 2.75) is 70.4 Å². The van der Waals surface area contributed by atoms with E-state index in [1.165, 1.54) is 69.4 Å². The van der Waals surface area contributed by atoms with Gasteiger partial charge in [-0.3, -0.25) is 0 Å². The molecule has 0 unspecified atom stereocenters. The lowest BCUT2D eigenvalue weighted by Crippen LogP contribution is -2.25. The molecule has 0 radical (unpaired) electrons. The fourth-order valence-corrected chi connectivity index (χ4v) is 3.83. The van der Waals surface area contributed by atoms with Crippen LogP contribution < -0.4 is 5.32 Å². The van der Waals surface area contributed by atoms with Gasteiger partial charge in [0, 0.05) is 37.7 Å². The van der Waals surface area contributed by atoms with Gasteiger partial charge in [0.15, 0.2) is 0 Å². The van der Waals surface area contributed by atoms with E-state index in [4.69, 9.17) is 4.98 Å². The zero-order valence-electron chi connectivity index (χ0n) is 11.8. The average Bonchev–Trinajstić information content (AvgIpc) is 3.21. The van der Waals surface area contributed by atoms with Crippen LogP contribution in [0.3, 0.4) is 0 Å². The second-order valence-corrected chi connectivity index (χ2v) is 6.68. The molecule has 0 atom stereocenters. The van der Waals surface area contributed by atoms with Crippen LogP contribution in [0.5, 0.6) is 0 Å². The predicted molar refractivity (Wildman–Crippen MR) is 76.2 cm³/mol. The first-order valence-electron chi connectivity index (χ1n) is 8.20. The Balaban J connectivity index is 1.68. The van der Waals surface area contributed by atoms with Crippen molar-refractivity contribution in [2.75, 3.05) is 6.54 Å². The summed E-state index contributed by atoms with van der Waals surface area (Å²) in [5.41, 5.74) is 2.92. The molecule has 1 aromatic rings. The Hall–Kier alpha value is -0.830. The first-order chi connectivity index (χ1) is 9.42. The van der Waals surface area contributed by atoms with E-state index < -0.39 is 0 Å². The maximum Gasteiger partial charge on any atom is 0.112 e. The molecule has 2 fully saturated rings. The minimum Gasteiger partial charge on any atom is -0.331 e.